The van der Waals surface area contributed by atoms with Crippen molar-refractivity contribution in [2.45, 2.75) is 20.3 Å². The van der Waals surface area contributed by atoms with Gasteiger partial charge in [0.15, 0.2) is 5.75 Å². The Labute approximate surface area is 153 Å². The number of rotatable bonds is 5. The van der Waals surface area contributed by atoms with Crippen LogP contribution < -0.4 is 15.5 Å². The molecule has 0 bridgehead atoms. The fourth-order valence-electron chi connectivity index (χ4n) is 3.17. The van der Waals surface area contributed by atoms with E-state index < -0.39 is 5.91 Å². The molecule has 1 aromatic heterocycles. The number of aromatic nitrogens is 1. The van der Waals surface area contributed by atoms with Gasteiger partial charge in [0.2, 0.25) is 5.88 Å². The molecule has 1 amide bonds. The van der Waals surface area contributed by atoms with Gasteiger partial charge in [0.1, 0.15) is 5.56 Å². The molecule has 2 aromatic rings. The lowest BCUT2D eigenvalue weighted by molar-refractivity contribution is 0.102. The Morgan fingerprint density at radius 1 is 1.19 bits per heavy atom. The lowest BCUT2D eigenvalue weighted by Crippen LogP contribution is -2.43. The molecule has 0 spiro atoms. The van der Waals surface area contributed by atoms with Crippen molar-refractivity contribution in [1.82, 2.24) is 10.3 Å². The molecule has 26 heavy (non-hydrogen) atoms. The van der Waals surface area contributed by atoms with E-state index in [0.29, 0.717) is 17.8 Å². The number of carbonyl (C=O) groups is 1. The Bertz CT molecular complexity index is 762. The standard InChI is InChI=1S/C19H26N4O3/c1-12(2)11-15-17(24)16(19(26)22-15)18(25)21-13-3-5-14(6-4-13)23-9-7-20-8-10-23/h3-6,12,20,22,24,26H,7-11H2,1-2H3,(H,21,25). The fraction of sp³-hybridized carbons (Fsp3) is 0.421. The summed E-state index contributed by atoms with van der Waals surface area (Å²) in [6.07, 6.45) is 0.548. The van der Waals surface area contributed by atoms with Crippen LogP contribution in [0.1, 0.15) is 29.9 Å². The zero-order valence-corrected chi connectivity index (χ0v) is 15.2. The average molecular weight is 358 g/mol. The predicted molar refractivity (Wildman–Crippen MR) is 102 cm³/mol. The molecule has 1 saturated heterocycles. The largest absolute Gasteiger partial charge is 0.505 e. The van der Waals surface area contributed by atoms with Gasteiger partial charge < -0.3 is 30.7 Å². The highest BCUT2D eigenvalue weighted by Crippen LogP contribution is 2.33. The number of anilines is 2. The van der Waals surface area contributed by atoms with Gasteiger partial charge in [-0.25, -0.2) is 0 Å². The van der Waals surface area contributed by atoms with Gasteiger partial charge in [-0.05, 0) is 36.6 Å². The number of nitrogens with one attached hydrogen (secondary N) is 3. The molecule has 3 rings (SSSR count). The van der Waals surface area contributed by atoms with E-state index in [4.69, 9.17) is 0 Å². The Morgan fingerprint density at radius 2 is 1.85 bits per heavy atom. The first kappa shape index (κ1) is 18.1. The third kappa shape index (κ3) is 3.94. The number of aromatic amines is 1. The second-order valence-electron chi connectivity index (χ2n) is 7.01. The highest BCUT2D eigenvalue weighted by atomic mass is 16.3. The lowest BCUT2D eigenvalue weighted by atomic mass is 10.1. The molecular formula is C19H26N4O3. The molecule has 1 aliphatic heterocycles. The number of carbonyl (C=O) groups excluding carboxylic acids is 1. The summed E-state index contributed by atoms with van der Waals surface area (Å²) < 4.78 is 0. The predicted octanol–water partition coefficient (Wildman–Crippen LogP) is 2.29. The number of hydrogen-bond acceptors (Lipinski definition) is 5. The highest BCUT2D eigenvalue weighted by Gasteiger charge is 2.23. The van der Waals surface area contributed by atoms with Gasteiger partial charge >= 0.3 is 0 Å². The van der Waals surface area contributed by atoms with E-state index in [1.807, 2.05) is 38.1 Å². The van der Waals surface area contributed by atoms with Gasteiger partial charge in [0.05, 0.1) is 5.69 Å². The van der Waals surface area contributed by atoms with E-state index in [1.54, 1.807) is 0 Å². The molecule has 1 fully saturated rings. The summed E-state index contributed by atoms with van der Waals surface area (Å²) in [5, 5.41) is 26.3. The topological polar surface area (TPSA) is 101 Å². The summed E-state index contributed by atoms with van der Waals surface area (Å²) in [5.74, 6) is -0.757. The van der Waals surface area contributed by atoms with Gasteiger partial charge in [-0.15, -0.1) is 0 Å². The van der Waals surface area contributed by atoms with Crippen LogP contribution in [0.25, 0.3) is 0 Å². The second-order valence-corrected chi connectivity index (χ2v) is 7.01. The summed E-state index contributed by atoms with van der Waals surface area (Å²) in [5.41, 5.74) is 2.07. The van der Waals surface area contributed by atoms with Crippen LogP contribution in [-0.4, -0.2) is 47.3 Å². The third-order valence-electron chi connectivity index (χ3n) is 4.48. The van der Waals surface area contributed by atoms with Crippen LogP contribution in [0, 0.1) is 5.92 Å². The molecule has 140 valence electrons. The summed E-state index contributed by atoms with van der Waals surface area (Å²) in [6.45, 7) is 7.82. The van der Waals surface area contributed by atoms with E-state index in [-0.39, 0.29) is 23.1 Å². The highest BCUT2D eigenvalue weighted by molar-refractivity contribution is 6.08. The first-order valence-electron chi connectivity index (χ1n) is 8.95. The fourth-order valence-corrected chi connectivity index (χ4v) is 3.17. The lowest BCUT2D eigenvalue weighted by Gasteiger charge is -2.29. The molecule has 0 aliphatic carbocycles. The molecule has 0 atom stereocenters. The van der Waals surface area contributed by atoms with Crippen LogP contribution in [0.4, 0.5) is 11.4 Å². The maximum absolute atomic E-state index is 12.5. The molecule has 2 heterocycles. The number of piperazine rings is 1. The van der Waals surface area contributed by atoms with Crippen molar-refractivity contribution >= 4 is 17.3 Å². The summed E-state index contributed by atoms with van der Waals surface area (Å²) in [6, 6.07) is 7.57. The van der Waals surface area contributed by atoms with E-state index in [1.165, 1.54) is 0 Å². The van der Waals surface area contributed by atoms with Crippen molar-refractivity contribution in [2.24, 2.45) is 5.92 Å². The van der Waals surface area contributed by atoms with Crippen molar-refractivity contribution in [2.75, 3.05) is 36.4 Å². The minimum absolute atomic E-state index is 0.119. The number of H-pyrrole nitrogens is 1. The monoisotopic (exact) mass is 358 g/mol. The van der Waals surface area contributed by atoms with Crippen molar-refractivity contribution in [3.05, 3.63) is 35.5 Å². The quantitative estimate of drug-likeness (QED) is 0.565. The first-order valence-corrected chi connectivity index (χ1v) is 8.95. The van der Waals surface area contributed by atoms with Crippen molar-refractivity contribution < 1.29 is 15.0 Å². The van der Waals surface area contributed by atoms with E-state index in [9.17, 15) is 15.0 Å². The van der Waals surface area contributed by atoms with Crippen LogP contribution in [-0.2, 0) is 6.42 Å². The second kappa shape index (κ2) is 7.70. The van der Waals surface area contributed by atoms with Crippen molar-refractivity contribution in [1.29, 1.82) is 0 Å². The molecule has 5 N–H and O–H groups in total. The van der Waals surface area contributed by atoms with Gasteiger partial charge in [0.25, 0.3) is 5.91 Å². The number of amides is 1. The molecule has 7 heteroatoms. The maximum atomic E-state index is 12.5. The molecule has 0 unspecified atom stereocenters. The minimum Gasteiger partial charge on any atom is -0.505 e. The van der Waals surface area contributed by atoms with Gasteiger partial charge in [-0.2, -0.15) is 0 Å². The van der Waals surface area contributed by atoms with Crippen molar-refractivity contribution in [3.63, 3.8) is 0 Å². The Morgan fingerprint density at radius 3 is 2.46 bits per heavy atom. The van der Waals surface area contributed by atoms with E-state index in [0.717, 1.165) is 31.9 Å². The first-order chi connectivity index (χ1) is 12.5. The minimum atomic E-state index is -0.541. The Kier molecular flexibility index (Phi) is 5.37. The van der Waals surface area contributed by atoms with Gasteiger partial charge in [0, 0.05) is 37.6 Å². The zero-order chi connectivity index (χ0) is 18.7. The van der Waals surface area contributed by atoms with E-state index in [2.05, 4.69) is 20.5 Å². The summed E-state index contributed by atoms with van der Waals surface area (Å²) in [4.78, 5) is 17.4. The van der Waals surface area contributed by atoms with Gasteiger partial charge in [-0.1, -0.05) is 13.8 Å². The molecule has 1 aliphatic rings. The van der Waals surface area contributed by atoms with Gasteiger partial charge in [-0.3, -0.25) is 4.79 Å². The van der Waals surface area contributed by atoms with Crippen LogP contribution in [0.5, 0.6) is 11.6 Å². The molecule has 0 saturated carbocycles. The summed E-state index contributed by atoms with van der Waals surface area (Å²) >= 11 is 0. The van der Waals surface area contributed by atoms with Crippen molar-refractivity contribution in [3.8, 4) is 11.6 Å². The van der Waals surface area contributed by atoms with E-state index >= 15 is 0 Å². The number of nitrogens with zero attached hydrogens (tertiary/aromatic N) is 1. The molecule has 7 nitrogen and oxygen atoms in total. The number of hydrogen-bond donors (Lipinski definition) is 5. The number of benzene rings is 1. The normalized spacial score (nSPS) is 14.7. The SMILES string of the molecule is CC(C)Cc1[nH]c(O)c(C(=O)Nc2ccc(N3CCNCC3)cc2)c1O. The molecule has 0 radical (unpaired) electrons. The van der Waals surface area contributed by atoms with Crippen LogP contribution in [0.3, 0.4) is 0 Å². The molecular weight excluding hydrogens is 332 g/mol. The molecule has 1 aromatic carbocycles. The van der Waals surface area contributed by atoms with Crippen LogP contribution in [0.15, 0.2) is 24.3 Å². The maximum Gasteiger partial charge on any atom is 0.264 e. The van der Waals surface area contributed by atoms with Crippen LogP contribution in [0.2, 0.25) is 0 Å². The Hall–Kier alpha value is -2.67. The third-order valence-corrected chi connectivity index (χ3v) is 4.48. The number of aromatic hydroxyl groups is 2. The average Bonchev–Trinajstić information content (AvgIpc) is 2.89. The zero-order valence-electron chi connectivity index (χ0n) is 15.2. The Balaban J connectivity index is 1.71. The van der Waals surface area contributed by atoms with Crippen LogP contribution >= 0.6 is 0 Å². The summed E-state index contributed by atoms with van der Waals surface area (Å²) in [7, 11) is 0. The smallest absolute Gasteiger partial charge is 0.264 e.